The summed E-state index contributed by atoms with van der Waals surface area (Å²) in [4.78, 5) is 0. The second kappa shape index (κ2) is 5.09. The van der Waals surface area contributed by atoms with Crippen molar-refractivity contribution in [2.24, 2.45) is 5.84 Å². The Kier molecular flexibility index (Phi) is 4.05. The summed E-state index contributed by atoms with van der Waals surface area (Å²) in [6, 6.07) is 5.83. The number of nitrogens with one attached hydrogen (secondary N) is 1. The van der Waals surface area contributed by atoms with E-state index < -0.39 is 0 Å². The number of anilines is 1. The van der Waals surface area contributed by atoms with Crippen LogP contribution in [0.4, 0.5) is 5.69 Å². The van der Waals surface area contributed by atoms with Crippen LogP contribution >= 0.6 is 15.9 Å². The quantitative estimate of drug-likeness (QED) is 0.486. The van der Waals surface area contributed by atoms with Crippen LogP contribution in [0.1, 0.15) is 12.5 Å². The molecule has 3 nitrogen and oxygen atoms in total. The van der Waals surface area contributed by atoms with E-state index in [-0.39, 0.29) is 0 Å². The standard InChI is InChI=1S/C9H13BrN2O/c1-2-13-9-4-7(6-10)3-8(5-9)12-11/h3-5,12H,2,6,11H2,1H3. The van der Waals surface area contributed by atoms with E-state index in [0.29, 0.717) is 6.61 Å². The summed E-state index contributed by atoms with van der Waals surface area (Å²) in [5, 5.41) is 0.794. The van der Waals surface area contributed by atoms with Gasteiger partial charge in [-0.15, -0.1) is 0 Å². The lowest BCUT2D eigenvalue weighted by molar-refractivity contribution is 0.340. The smallest absolute Gasteiger partial charge is 0.121 e. The lowest BCUT2D eigenvalue weighted by Gasteiger charge is -2.08. The average molecular weight is 245 g/mol. The monoisotopic (exact) mass is 244 g/mol. The van der Waals surface area contributed by atoms with E-state index in [2.05, 4.69) is 21.4 Å². The fourth-order valence-electron chi connectivity index (χ4n) is 1.07. The van der Waals surface area contributed by atoms with Crippen molar-refractivity contribution >= 4 is 21.6 Å². The number of halogens is 1. The average Bonchev–Trinajstić information content (AvgIpc) is 2.17. The molecular weight excluding hydrogens is 232 g/mol. The van der Waals surface area contributed by atoms with Crippen molar-refractivity contribution in [3.05, 3.63) is 23.8 Å². The van der Waals surface area contributed by atoms with E-state index in [9.17, 15) is 0 Å². The minimum absolute atomic E-state index is 0.662. The number of hydrazine groups is 1. The van der Waals surface area contributed by atoms with E-state index in [1.807, 2.05) is 25.1 Å². The molecule has 13 heavy (non-hydrogen) atoms. The predicted molar refractivity (Wildman–Crippen MR) is 58.1 cm³/mol. The molecule has 0 aromatic heterocycles. The molecule has 1 aromatic rings. The Morgan fingerprint density at radius 3 is 2.77 bits per heavy atom. The van der Waals surface area contributed by atoms with E-state index in [0.717, 1.165) is 22.3 Å². The number of nitrogens with two attached hydrogens (primary N) is 1. The second-order valence-corrected chi connectivity index (χ2v) is 3.14. The molecule has 0 atom stereocenters. The first kappa shape index (κ1) is 10.3. The zero-order valence-corrected chi connectivity index (χ0v) is 9.10. The van der Waals surface area contributed by atoms with Crippen LogP contribution < -0.4 is 16.0 Å². The van der Waals surface area contributed by atoms with E-state index in [1.165, 1.54) is 0 Å². The highest BCUT2D eigenvalue weighted by atomic mass is 79.9. The van der Waals surface area contributed by atoms with Crippen molar-refractivity contribution in [1.29, 1.82) is 0 Å². The lowest BCUT2D eigenvalue weighted by Crippen LogP contribution is -2.07. The SMILES string of the molecule is CCOc1cc(CBr)cc(NN)c1. The third-order valence-electron chi connectivity index (χ3n) is 1.60. The molecular formula is C9H13BrN2O. The highest BCUT2D eigenvalue weighted by Crippen LogP contribution is 2.21. The van der Waals surface area contributed by atoms with Crippen molar-refractivity contribution in [2.45, 2.75) is 12.3 Å². The molecule has 0 saturated carbocycles. The van der Waals surface area contributed by atoms with E-state index in [1.54, 1.807) is 0 Å². The summed E-state index contributed by atoms with van der Waals surface area (Å²) in [5.41, 5.74) is 4.60. The van der Waals surface area contributed by atoms with Crippen molar-refractivity contribution in [2.75, 3.05) is 12.0 Å². The van der Waals surface area contributed by atoms with Crippen molar-refractivity contribution < 1.29 is 4.74 Å². The molecule has 1 aromatic carbocycles. The maximum Gasteiger partial charge on any atom is 0.121 e. The third kappa shape index (κ3) is 2.90. The van der Waals surface area contributed by atoms with Gasteiger partial charge in [0.05, 0.1) is 12.3 Å². The third-order valence-corrected chi connectivity index (χ3v) is 2.25. The van der Waals surface area contributed by atoms with Crippen LogP contribution in [0.5, 0.6) is 5.75 Å². The van der Waals surface area contributed by atoms with Crippen molar-refractivity contribution in [1.82, 2.24) is 0 Å². The molecule has 0 unspecified atom stereocenters. The van der Waals surface area contributed by atoms with Crippen molar-refractivity contribution in [3.63, 3.8) is 0 Å². The highest BCUT2D eigenvalue weighted by molar-refractivity contribution is 9.08. The topological polar surface area (TPSA) is 47.3 Å². The van der Waals surface area contributed by atoms with Gasteiger partial charge < -0.3 is 10.2 Å². The van der Waals surface area contributed by atoms with Crippen LogP contribution in [-0.4, -0.2) is 6.61 Å². The van der Waals surface area contributed by atoms with Gasteiger partial charge in [0.15, 0.2) is 0 Å². The van der Waals surface area contributed by atoms with E-state index in [4.69, 9.17) is 10.6 Å². The molecule has 4 heteroatoms. The van der Waals surface area contributed by atoms with Gasteiger partial charge in [-0.1, -0.05) is 15.9 Å². The number of rotatable bonds is 4. The van der Waals surface area contributed by atoms with Gasteiger partial charge in [0.2, 0.25) is 0 Å². The minimum atomic E-state index is 0.662. The molecule has 0 amide bonds. The Morgan fingerprint density at radius 2 is 2.23 bits per heavy atom. The predicted octanol–water partition coefficient (Wildman–Crippen LogP) is 2.27. The zero-order chi connectivity index (χ0) is 9.68. The minimum Gasteiger partial charge on any atom is -0.494 e. The Morgan fingerprint density at radius 1 is 1.46 bits per heavy atom. The number of alkyl halides is 1. The Labute approximate surface area is 86.4 Å². The molecule has 0 heterocycles. The van der Waals surface area contributed by atoms with Crippen molar-refractivity contribution in [3.8, 4) is 5.75 Å². The van der Waals surface area contributed by atoms with Gasteiger partial charge >= 0.3 is 0 Å². The number of benzene rings is 1. The summed E-state index contributed by atoms with van der Waals surface area (Å²) < 4.78 is 5.37. The van der Waals surface area contributed by atoms with Gasteiger partial charge in [-0.05, 0) is 24.6 Å². The molecule has 1 rings (SSSR count). The van der Waals surface area contributed by atoms with Gasteiger partial charge in [-0.2, -0.15) is 0 Å². The molecule has 0 aliphatic heterocycles. The van der Waals surface area contributed by atoms with Gasteiger partial charge in [0, 0.05) is 11.4 Å². The second-order valence-electron chi connectivity index (χ2n) is 2.58. The number of nitrogen functional groups attached to an aromatic ring is 1. The molecule has 3 N–H and O–H groups in total. The van der Waals surface area contributed by atoms with Crippen LogP contribution in [0.15, 0.2) is 18.2 Å². The van der Waals surface area contributed by atoms with Crippen LogP contribution in [0.3, 0.4) is 0 Å². The first-order chi connectivity index (χ1) is 6.30. The molecule has 0 aliphatic rings. The fraction of sp³-hybridized carbons (Fsp3) is 0.333. The van der Waals surface area contributed by atoms with Crippen LogP contribution in [0.25, 0.3) is 0 Å². The normalized spacial score (nSPS) is 9.77. The Bertz CT molecular complexity index is 256. The van der Waals surface area contributed by atoms with Gasteiger partial charge in [-0.25, -0.2) is 0 Å². The first-order valence-electron chi connectivity index (χ1n) is 4.09. The molecule has 0 fully saturated rings. The molecule has 0 bridgehead atoms. The van der Waals surface area contributed by atoms with Crippen LogP contribution in [0.2, 0.25) is 0 Å². The molecule has 0 spiro atoms. The molecule has 0 saturated heterocycles. The highest BCUT2D eigenvalue weighted by Gasteiger charge is 1.99. The molecule has 0 aliphatic carbocycles. The maximum atomic E-state index is 5.37. The largest absolute Gasteiger partial charge is 0.494 e. The van der Waals surface area contributed by atoms with Crippen LogP contribution in [0, 0.1) is 0 Å². The summed E-state index contributed by atoms with van der Waals surface area (Å²) in [6.07, 6.45) is 0. The van der Waals surface area contributed by atoms with Gasteiger partial charge in [0.25, 0.3) is 0 Å². The zero-order valence-electron chi connectivity index (χ0n) is 7.51. The fourth-order valence-corrected chi connectivity index (χ4v) is 1.39. The Balaban J connectivity index is 2.93. The number of hydrogen-bond acceptors (Lipinski definition) is 3. The van der Waals surface area contributed by atoms with Gasteiger partial charge in [0.1, 0.15) is 5.75 Å². The summed E-state index contributed by atoms with van der Waals surface area (Å²) >= 11 is 3.38. The Hall–Kier alpha value is -0.740. The number of hydrogen-bond donors (Lipinski definition) is 2. The summed E-state index contributed by atoms with van der Waals surface area (Å²) in [5.74, 6) is 6.16. The maximum absolute atomic E-state index is 5.37. The molecule has 0 radical (unpaired) electrons. The molecule has 72 valence electrons. The van der Waals surface area contributed by atoms with Crippen LogP contribution in [-0.2, 0) is 5.33 Å². The number of ether oxygens (including phenoxy) is 1. The first-order valence-corrected chi connectivity index (χ1v) is 5.21. The van der Waals surface area contributed by atoms with Gasteiger partial charge in [-0.3, -0.25) is 5.84 Å². The summed E-state index contributed by atoms with van der Waals surface area (Å²) in [6.45, 7) is 2.62. The summed E-state index contributed by atoms with van der Waals surface area (Å²) in [7, 11) is 0. The lowest BCUT2D eigenvalue weighted by atomic mass is 10.2. The van der Waals surface area contributed by atoms with E-state index >= 15 is 0 Å².